The van der Waals surface area contributed by atoms with E-state index in [1.807, 2.05) is 12.1 Å². The zero-order valence-corrected chi connectivity index (χ0v) is 31.7. The molecule has 0 spiro atoms. The first-order chi connectivity index (χ1) is 25.7. The monoisotopic (exact) mass is 790 g/mol. The summed E-state index contributed by atoms with van der Waals surface area (Å²) in [7, 11) is -4.99. The maximum atomic E-state index is 13.5. The average molecular weight is 791 g/mol. The van der Waals surface area contributed by atoms with Gasteiger partial charge < -0.3 is 35.9 Å². The lowest BCUT2D eigenvalue weighted by Crippen LogP contribution is -2.68. The molecule has 5 heterocycles. The van der Waals surface area contributed by atoms with Crippen molar-refractivity contribution in [2.24, 2.45) is 22.0 Å². The van der Waals surface area contributed by atoms with Gasteiger partial charge in [0.15, 0.2) is 16.6 Å². The van der Waals surface area contributed by atoms with Crippen LogP contribution in [-0.4, -0.2) is 113 Å². The van der Waals surface area contributed by atoms with Gasteiger partial charge in [-0.3, -0.25) is 19.1 Å². The number of ether oxygens (including phenoxy) is 1. The van der Waals surface area contributed by atoms with E-state index in [1.54, 1.807) is 6.07 Å². The van der Waals surface area contributed by atoms with Crippen LogP contribution in [0.4, 0.5) is 5.13 Å². The quantitative estimate of drug-likeness (QED) is 0.0567. The third-order valence-corrected chi connectivity index (χ3v) is 11.2. The number of β-lactam (4-membered cyclic amide) rings is 1. The summed E-state index contributed by atoms with van der Waals surface area (Å²) < 4.78 is 41.7. The van der Waals surface area contributed by atoms with Gasteiger partial charge in [-0.1, -0.05) is 11.2 Å². The zero-order chi connectivity index (χ0) is 38.6. The molecular weight excluding hydrogens is 745 g/mol. The number of nitrogen functional groups attached to an aromatic ring is 1. The fourth-order valence-corrected chi connectivity index (χ4v) is 8.14. The molecule has 0 radical (unpaired) electrons. The van der Waals surface area contributed by atoms with Crippen LogP contribution in [0.5, 0.6) is 5.75 Å². The Labute approximate surface area is 317 Å². The maximum absolute atomic E-state index is 13.5. The first-order valence-corrected chi connectivity index (χ1v) is 20.1. The number of piperidine rings is 2. The van der Waals surface area contributed by atoms with Crippen LogP contribution in [0.25, 0.3) is 0 Å². The number of nitrogens with zero attached hydrogens (tertiary/aromatic N) is 5. The van der Waals surface area contributed by atoms with Crippen molar-refractivity contribution >= 4 is 56.1 Å². The van der Waals surface area contributed by atoms with E-state index in [0.717, 1.165) is 86.7 Å². The topological polar surface area (TPSA) is 248 Å². The fourth-order valence-electron chi connectivity index (χ4n) is 7.14. The number of amides is 1. The van der Waals surface area contributed by atoms with E-state index in [2.05, 4.69) is 30.0 Å². The van der Waals surface area contributed by atoms with Crippen LogP contribution in [0.3, 0.4) is 0 Å². The molecule has 6 N–H and O–H groups in total. The number of carboxylic acid groups (broad SMARTS) is 1. The van der Waals surface area contributed by atoms with E-state index in [-0.39, 0.29) is 16.9 Å². The maximum Gasteiger partial charge on any atom is 0.418 e. The van der Waals surface area contributed by atoms with E-state index in [1.165, 1.54) is 25.6 Å². The highest BCUT2D eigenvalue weighted by atomic mass is 32.3. The number of aromatic nitrogens is 1. The van der Waals surface area contributed by atoms with Gasteiger partial charge in [0.2, 0.25) is 0 Å². The number of anilines is 1. The lowest BCUT2D eigenvalue weighted by atomic mass is 9.74. The first kappa shape index (κ1) is 39.5. The van der Waals surface area contributed by atoms with E-state index < -0.39 is 64.4 Å². The molecule has 1 amide bonds. The molecule has 1 aromatic heterocycles. The first-order valence-electron chi connectivity index (χ1n) is 17.9. The highest BCUT2D eigenvalue weighted by Crippen LogP contribution is 2.41. The van der Waals surface area contributed by atoms with Gasteiger partial charge in [0.25, 0.3) is 12.0 Å². The second kappa shape index (κ2) is 16.7. The number of thiazole rings is 1. The van der Waals surface area contributed by atoms with Gasteiger partial charge in [0.05, 0.1) is 17.5 Å². The molecular formula is C34H46N8O10S2. The third kappa shape index (κ3) is 9.53. The average Bonchev–Trinajstić information content (AvgIpc) is 3.76. The molecule has 2 aromatic rings. The number of hydrogen-bond donors (Lipinski definition) is 5. The molecule has 54 heavy (non-hydrogen) atoms. The number of amidine groups is 1. The van der Waals surface area contributed by atoms with Crippen molar-refractivity contribution in [1.82, 2.24) is 25.6 Å². The van der Waals surface area contributed by atoms with E-state index in [0.29, 0.717) is 23.3 Å². The minimum Gasteiger partial charge on any atom is -0.489 e. The van der Waals surface area contributed by atoms with Gasteiger partial charge in [-0.05, 0) is 88.3 Å². The van der Waals surface area contributed by atoms with Crippen LogP contribution in [0.15, 0.2) is 33.7 Å². The number of fused-ring (bicyclic) bond motifs is 1. The van der Waals surface area contributed by atoms with Crippen molar-refractivity contribution in [1.29, 1.82) is 0 Å². The van der Waals surface area contributed by atoms with Gasteiger partial charge in [0.1, 0.15) is 23.9 Å². The summed E-state index contributed by atoms with van der Waals surface area (Å²) in [5, 5.41) is 22.8. The number of rotatable bonds is 15. The Morgan fingerprint density at radius 1 is 1.13 bits per heavy atom. The molecule has 3 saturated heterocycles. The molecule has 20 heteroatoms. The Kier molecular flexibility index (Phi) is 12.2. The molecule has 4 aliphatic heterocycles. The van der Waals surface area contributed by atoms with Crippen molar-refractivity contribution in [3.8, 4) is 5.75 Å². The smallest absolute Gasteiger partial charge is 0.418 e. The third-order valence-electron chi connectivity index (χ3n) is 10.1. The standard InChI is InChI=1S/C34H46N8O10S2/c1-34(2)25(31(44)42(34)52-54(47,48)49)13-27(43)30(26-19-53-33(35)39-26)40-51-28(32(45)46)18-50-24-8-7-21-16-41(17-22(21)12-24)29(11-20-5-3-9-36-14-20)38-23-6-4-10-37-15-23/h7-8,12,19-20,23,25,28,36-37H,3-6,9-11,13-18H2,1-2H3,(H2,35,39)(H,45,46)(H,47,48,49)/b38-29?,40-30-. The molecule has 0 aliphatic carbocycles. The number of oxime groups is 1. The Morgan fingerprint density at radius 3 is 2.50 bits per heavy atom. The molecule has 3 fully saturated rings. The van der Waals surface area contributed by atoms with Gasteiger partial charge in [0, 0.05) is 37.9 Å². The summed E-state index contributed by atoms with van der Waals surface area (Å²) in [6.07, 6.45) is 3.28. The van der Waals surface area contributed by atoms with Crippen LogP contribution in [0, 0.1) is 11.8 Å². The molecule has 0 bridgehead atoms. The summed E-state index contributed by atoms with van der Waals surface area (Å²) in [5.74, 6) is -2.01. The summed E-state index contributed by atoms with van der Waals surface area (Å²) >= 11 is 1.00. The van der Waals surface area contributed by atoms with Crippen LogP contribution in [0.2, 0.25) is 0 Å². The predicted molar refractivity (Wildman–Crippen MR) is 197 cm³/mol. The largest absolute Gasteiger partial charge is 0.489 e. The van der Waals surface area contributed by atoms with Gasteiger partial charge in [-0.2, -0.15) is 13.5 Å². The molecule has 1 aromatic carbocycles. The normalized spacial score (nSPS) is 23.8. The molecule has 294 valence electrons. The number of hydroxylamine groups is 2. The van der Waals surface area contributed by atoms with E-state index in [9.17, 15) is 27.9 Å². The number of carbonyl (C=O) groups excluding carboxylic acids is 2. The Hall–Kier alpha value is -4.21. The van der Waals surface area contributed by atoms with Crippen LogP contribution >= 0.6 is 11.3 Å². The molecule has 0 saturated carbocycles. The number of hydrogen-bond acceptors (Lipinski definition) is 15. The summed E-state index contributed by atoms with van der Waals surface area (Å²) in [6.45, 7) is 7.73. The SMILES string of the molecule is CC1(C)C(CC(=O)/C(=N\OC(COc2ccc3c(c2)CN(C(CC2CCCNC2)=NC2CCCNC2)C3)C(=O)O)c2csc(N)n2)C(=O)N1OS(=O)(=O)O. The minimum absolute atomic E-state index is 0.00578. The summed E-state index contributed by atoms with van der Waals surface area (Å²) in [6, 6.07) is 5.88. The number of Topliss-reactive ketones (excluding diaryl/α,β-unsaturated/α-hetero) is 1. The Morgan fingerprint density at radius 2 is 1.87 bits per heavy atom. The number of nitrogens with one attached hydrogen (secondary N) is 2. The summed E-state index contributed by atoms with van der Waals surface area (Å²) in [5.41, 5.74) is 6.26. The predicted octanol–water partition coefficient (Wildman–Crippen LogP) is 1.76. The lowest BCUT2D eigenvalue weighted by molar-refractivity contribution is -0.228. The number of aliphatic imine (C=N–C) groups is 1. The number of carbonyl (C=O) groups is 3. The van der Waals surface area contributed by atoms with Crippen LogP contribution in [0.1, 0.15) is 69.2 Å². The summed E-state index contributed by atoms with van der Waals surface area (Å²) in [4.78, 5) is 55.4. The van der Waals surface area contributed by atoms with Crippen molar-refractivity contribution in [3.63, 3.8) is 0 Å². The zero-order valence-electron chi connectivity index (χ0n) is 30.1. The van der Waals surface area contributed by atoms with Gasteiger partial charge >= 0.3 is 16.4 Å². The minimum atomic E-state index is -4.99. The molecule has 4 unspecified atom stereocenters. The second-order valence-electron chi connectivity index (χ2n) is 14.5. The molecule has 4 aliphatic rings. The van der Waals surface area contributed by atoms with Gasteiger partial charge in [-0.15, -0.1) is 15.6 Å². The highest BCUT2D eigenvalue weighted by molar-refractivity contribution is 7.80. The molecule has 4 atom stereocenters. The molecule has 6 rings (SSSR count). The van der Waals surface area contributed by atoms with Gasteiger partial charge in [-0.25, -0.2) is 9.78 Å². The van der Waals surface area contributed by atoms with Crippen molar-refractivity contribution in [3.05, 3.63) is 40.4 Å². The number of ketones is 1. The van der Waals surface area contributed by atoms with Crippen molar-refractivity contribution in [2.75, 3.05) is 38.5 Å². The second-order valence-corrected chi connectivity index (χ2v) is 16.4. The number of aliphatic carboxylic acids is 1. The fraction of sp³-hybridized carbons (Fsp3) is 0.588. The Balaban J connectivity index is 1.11. The van der Waals surface area contributed by atoms with E-state index in [4.69, 9.17) is 24.9 Å². The van der Waals surface area contributed by atoms with Crippen LogP contribution in [-0.2, 0) is 47.0 Å². The van der Waals surface area contributed by atoms with E-state index >= 15 is 0 Å². The molecule has 18 nitrogen and oxygen atoms in total. The number of benzene rings is 1. The lowest BCUT2D eigenvalue weighted by Gasteiger charge is -2.50. The van der Waals surface area contributed by atoms with Crippen molar-refractivity contribution < 1.29 is 46.3 Å². The number of nitrogens with two attached hydrogens (primary N) is 1. The van der Waals surface area contributed by atoms with Crippen LogP contribution < -0.4 is 21.1 Å². The Bertz CT molecular complexity index is 1890. The van der Waals surface area contributed by atoms with Crippen molar-refractivity contribution in [2.45, 2.75) is 83.1 Å². The number of carboxylic acids is 1. The highest BCUT2D eigenvalue weighted by Gasteiger charge is 2.57.